The zero-order valence-corrected chi connectivity index (χ0v) is 13.3. The smallest absolute Gasteiger partial charge is 0.261 e. The number of carbonyl (C=O) groups is 1. The number of hydrogen-bond donors (Lipinski definition) is 1. The Morgan fingerprint density at radius 1 is 1.17 bits per heavy atom. The summed E-state index contributed by atoms with van der Waals surface area (Å²) >= 11 is 0. The second-order valence-electron chi connectivity index (χ2n) is 6.12. The van der Waals surface area contributed by atoms with Gasteiger partial charge in [0.1, 0.15) is 5.56 Å². The van der Waals surface area contributed by atoms with E-state index in [1.54, 1.807) is 10.7 Å². The number of carbonyl (C=O) groups excluding carboxylic acids is 1. The monoisotopic (exact) mass is 306 g/mol. The van der Waals surface area contributed by atoms with E-state index in [0.717, 1.165) is 29.9 Å². The summed E-state index contributed by atoms with van der Waals surface area (Å²) in [5.74, 6) is -0.171. The Morgan fingerprint density at radius 2 is 2.00 bits per heavy atom. The van der Waals surface area contributed by atoms with Crippen molar-refractivity contribution in [1.82, 2.24) is 14.6 Å². The van der Waals surface area contributed by atoms with Crippen molar-refractivity contribution in [3.05, 3.63) is 58.5 Å². The van der Waals surface area contributed by atoms with Crippen molar-refractivity contribution >= 4 is 17.2 Å². The van der Waals surface area contributed by atoms with E-state index in [1.807, 2.05) is 26.0 Å². The lowest BCUT2D eigenvalue weighted by Crippen LogP contribution is -2.12. The molecule has 3 aromatic rings. The van der Waals surface area contributed by atoms with Crippen LogP contribution < -0.4 is 5.32 Å². The van der Waals surface area contributed by atoms with Gasteiger partial charge in [-0.15, -0.1) is 0 Å². The summed E-state index contributed by atoms with van der Waals surface area (Å²) in [6.07, 6.45) is 5.01. The molecule has 1 aliphatic rings. The molecule has 2 aromatic heterocycles. The van der Waals surface area contributed by atoms with Gasteiger partial charge < -0.3 is 5.32 Å². The topological polar surface area (TPSA) is 59.3 Å². The average molecular weight is 306 g/mol. The lowest BCUT2D eigenvalue weighted by atomic mass is 10.1. The summed E-state index contributed by atoms with van der Waals surface area (Å²) in [5.41, 5.74) is 6.50. The number of hydrogen-bond acceptors (Lipinski definition) is 3. The molecule has 0 spiro atoms. The molecule has 0 saturated heterocycles. The Kier molecular flexibility index (Phi) is 3.15. The maximum Gasteiger partial charge on any atom is 0.261 e. The minimum Gasteiger partial charge on any atom is -0.322 e. The summed E-state index contributed by atoms with van der Waals surface area (Å²) in [5, 5.41) is 7.25. The first-order valence-electron chi connectivity index (χ1n) is 7.87. The van der Waals surface area contributed by atoms with Crippen molar-refractivity contribution in [3.8, 4) is 0 Å². The maximum absolute atomic E-state index is 12.6. The van der Waals surface area contributed by atoms with Gasteiger partial charge in [-0.1, -0.05) is 6.07 Å². The summed E-state index contributed by atoms with van der Waals surface area (Å²) in [4.78, 5) is 17.1. The van der Waals surface area contributed by atoms with E-state index in [-0.39, 0.29) is 5.91 Å². The maximum atomic E-state index is 12.6. The second-order valence-corrected chi connectivity index (χ2v) is 6.12. The molecule has 0 aliphatic heterocycles. The van der Waals surface area contributed by atoms with E-state index in [4.69, 9.17) is 0 Å². The van der Waals surface area contributed by atoms with Crippen LogP contribution in [0.1, 0.15) is 39.3 Å². The van der Waals surface area contributed by atoms with E-state index >= 15 is 0 Å². The van der Waals surface area contributed by atoms with Crippen molar-refractivity contribution in [1.29, 1.82) is 0 Å². The third-order valence-electron chi connectivity index (χ3n) is 4.38. The molecule has 0 bridgehead atoms. The minimum absolute atomic E-state index is 0.171. The average Bonchev–Trinajstić information content (AvgIpc) is 3.12. The number of fused-ring (bicyclic) bond motifs is 2. The molecule has 1 amide bonds. The van der Waals surface area contributed by atoms with Crippen LogP contribution in [0, 0.1) is 13.8 Å². The quantitative estimate of drug-likeness (QED) is 0.791. The highest BCUT2D eigenvalue weighted by Crippen LogP contribution is 2.25. The van der Waals surface area contributed by atoms with Gasteiger partial charge in [0.2, 0.25) is 0 Å². The van der Waals surface area contributed by atoms with Gasteiger partial charge in [0.25, 0.3) is 5.91 Å². The molecule has 1 aliphatic carbocycles. The molecule has 0 unspecified atom stereocenters. The van der Waals surface area contributed by atoms with E-state index in [9.17, 15) is 4.79 Å². The van der Waals surface area contributed by atoms with Crippen LogP contribution in [0.2, 0.25) is 0 Å². The van der Waals surface area contributed by atoms with Crippen LogP contribution in [-0.2, 0) is 12.8 Å². The lowest BCUT2D eigenvalue weighted by molar-refractivity contribution is 0.102. The molecule has 5 heteroatoms. The van der Waals surface area contributed by atoms with Crippen LogP contribution in [0.25, 0.3) is 5.65 Å². The molecule has 2 heterocycles. The molecule has 0 radical (unpaired) electrons. The third-order valence-corrected chi connectivity index (χ3v) is 4.38. The highest BCUT2D eigenvalue weighted by Gasteiger charge is 2.17. The number of aromatic nitrogens is 3. The van der Waals surface area contributed by atoms with Gasteiger partial charge in [0.05, 0.1) is 6.20 Å². The molecule has 4 rings (SSSR count). The first-order chi connectivity index (χ1) is 11.1. The zero-order chi connectivity index (χ0) is 16.0. The van der Waals surface area contributed by atoms with Crippen molar-refractivity contribution in [2.24, 2.45) is 0 Å². The first kappa shape index (κ1) is 13.9. The fraction of sp³-hybridized carbons (Fsp3) is 0.278. The van der Waals surface area contributed by atoms with Gasteiger partial charge in [0, 0.05) is 17.1 Å². The molecule has 116 valence electrons. The molecular weight excluding hydrogens is 288 g/mol. The Labute approximate surface area is 134 Å². The lowest BCUT2D eigenvalue weighted by Gasteiger charge is -2.07. The Morgan fingerprint density at radius 3 is 2.87 bits per heavy atom. The standard InChI is InChI=1S/C18H18N4O/c1-11-8-12(2)22-17(20-11)16(10-19-22)18(23)21-15-7-6-13-4-3-5-14(13)9-15/h6-10H,3-5H2,1-2H3,(H,21,23). The van der Waals surface area contributed by atoms with Crippen LogP contribution >= 0.6 is 0 Å². The molecule has 0 fully saturated rings. The molecule has 5 nitrogen and oxygen atoms in total. The zero-order valence-electron chi connectivity index (χ0n) is 13.3. The van der Waals surface area contributed by atoms with Crippen molar-refractivity contribution in [2.45, 2.75) is 33.1 Å². The first-order valence-corrected chi connectivity index (χ1v) is 7.87. The summed E-state index contributed by atoms with van der Waals surface area (Å²) < 4.78 is 1.70. The SMILES string of the molecule is Cc1cc(C)n2ncc(C(=O)Nc3ccc4c(c3)CCC4)c2n1. The van der Waals surface area contributed by atoms with Crippen LogP contribution in [0.4, 0.5) is 5.69 Å². The van der Waals surface area contributed by atoms with E-state index in [2.05, 4.69) is 27.5 Å². The van der Waals surface area contributed by atoms with Crippen molar-refractivity contribution in [2.75, 3.05) is 5.32 Å². The molecule has 1 aromatic carbocycles. The number of aryl methyl sites for hydroxylation is 4. The summed E-state index contributed by atoms with van der Waals surface area (Å²) in [6.45, 7) is 3.87. The van der Waals surface area contributed by atoms with Gasteiger partial charge in [-0.05, 0) is 62.4 Å². The van der Waals surface area contributed by atoms with E-state index in [1.165, 1.54) is 17.5 Å². The fourth-order valence-electron chi connectivity index (χ4n) is 3.28. The van der Waals surface area contributed by atoms with Crippen molar-refractivity contribution in [3.63, 3.8) is 0 Å². The predicted molar refractivity (Wildman–Crippen MR) is 88.9 cm³/mol. The van der Waals surface area contributed by atoms with Crippen LogP contribution in [0.3, 0.4) is 0 Å². The molecule has 1 N–H and O–H groups in total. The Bertz CT molecular complexity index is 926. The van der Waals surface area contributed by atoms with Gasteiger partial charge >= 0.3 is 0 Å². The normalized spacial score (nSPS) is 13.3. The van der Waals surface area contributed by atoms with Crippen LogP contribution in [0.5, 0.6) is 0 Å². The molecule has 0 atom stereocenters. The van der Waals surface area contributed by atoms with Gasteiger partial charge in [-0.3, -0.25) is 4.79 Å². The Hall–Kier alpha value is -2.69. The number of rotatable bonds is 2. The minimum atomic E-state index is -0.171. The van der Waals surface area contributed by atoms with Gasteiger partial charge in [-0.2, -0.15) is 5.10 Å². The number of amides is 1. The van der Waals surface area contributed by atoms with Gasteiger partial charge in [0.15, 0.2) is 5.65 Å². The van der Waals surface area contributed by atoms with E-state index in [0.29, 0.717) is 11.2 Å². The third kappa shape index (κ3) is 2.38. The number of nitrogens with one attached hydrogen (secondary N) is 1. The highest BCUT2D eigenvalue weighted by molar-refractivity contribution is 6.08. The number of benzene rings is 1. The predicted octanol–water partition coefficient (Wildman–Crippen LogP) is 3.09. The summed E-state index contributed by atoms with van der Waals surface area (Å²) in [7, 11) is 0. The number of nitrogens with zero attached hydrogens (tertiary/aromatic N) is 3. The van der Waals surface area contributed by atoms with Crippen LogP contribution in [0.15, 0.2) is 30.5 Å². The second kappa shape index (κ2) is 5.19. The largest absolute Gasteiger partial charge is 0.322 e. The molecule has 23 heavy (non-hydrogen) atoms. The molecular formula is C18H18N4O. The fourth-order valence-corrected chi connectivity index (χ4v) is 3.28. The number of anilines is 1. The van der Waals surface area contributed by atoms with Crippen molar-refractivity contribution < 1.29 is 4.79 Å². The summed E-state index contributed by atoms with van der Waals surface area (Å²) in [6, 6.07) is 8.11. The Balaban J connectivity index is 1.67. The van der Waals surface area contributed by atoms with Crippen LogP contribution in [-0.4, -0.2) is 20.5 Å². The van der Waals surface area contributed by atoms with Gasteiger partial charge in [-0.25, -0.2) is 9.50 Å². The highest BCUT2D eigenvalue weighted by atomic mass is 16.1. The molecule has 0 saturated carbocycles. The van der Waals surface area contributed by atoms with E-state index < -0.39 is 0 Å².